The van der Waals surface area contributed by atoms with Crippen LogP contribution >= 0.6 is 50.5 Å². The second-order valence-electron chi connectivity index (χ2n) is 4.39. The molecule has 0 aliphatic carbocycles. The van der Waals surface area contributed by atoms with Crippen LogP contribution in [0.2, 0.25) is 10.0 Å². The van der Waals surface area contributed by atoms with Gasteiger partial charge in [0.25, 0.3) is 0 Å². The summed E-state index contributed by atoms with van der Waals surface area (Å²) in [6.45, 7) is 3.93. The van der Waals surface area contributed by atoms with Gasteiger partial charge >= 0.3 is 0 Å². The summed E-state index contributed by atoms with van der Waals surface area (Å²) in [5, 5.41) is 4.34. The minimum absolute atomic E-state index is 0.115. The largest absolute Gasteiger partial charge is 0.301 e. The van der Waals surface area contributed by atoms with Crippen LogP contribution in [0.3, 0.4) is 0 Å². The molecule has 2 aromatic rings. The van der Waals surface area contributed by atoms with Crippen LogP contribution in [0.5, 0.6) is 0 Å². The topological polar surface area (TPSA) is 42.0 Å². The third-order valence-corrected chi connectivity index (χ3v) is 5.38. The van der Waals surface area contributed by atoms with Gasteiger partial charge < -0.3 is 5.32 Å². The number of carbonyl (C=O) groups is 1. The van der Waals surface area contributed by atoms with E-state index in [1.54, 1.807) is 12.1 Å². The van der Waals surface area contributed by atoms with Crippen LogP contribution in [0, 0.1) is 5.92 Å². The molecule has 0 bridgehead atoms. The van der Waals surface area contributed by atoms with Gasteiger partial charge in [0.2, 0.25) is 5.91 Å². The molecule has 0 unspecified atom stereocenters. The molecule has 3 nitrogen and oxygen atoms in total. The molecule has 1 atom stereocenters. The van der Waals surface area contributed by atoms with Crippen LogP contribution in [0.25, 0.3) is 10.2 Å². The number of thiazole rings is 1. The van der Waals surface area contributed by atoms with Gasteiger partial charge in [-0.15, -0.1) is 0 Å². The summed E-state index contributed by atoms with van der Waals surface area (Å²) in [6, 6.07) is 3.42. The van der Waals surface area contributed by atoms with Crippen molar-refractivity contribution >= 4 is 71.7 Å². The third kappa shape index (κ3) is 3.40. The van der Waals surface area contributed by atoms with Crippen molar-refractivity contribution in [2.75, 3.05) is 5.32 Å². The third-order valence-electron chi connectivity index (χ3n) is 2.48. The second-order valence-corrected chi connectivity index (χ2v) is 7.25. The monoisotopic (exact) mass is 380 g/mol. The van der Waals surface area contributed by atoms with Gasteiger partial charge in [0.05, 0.1) is 14.5 Å². The Kier molecular flexibility index (Phi) is 4.71. The van der Waals surface area contributed by atoms with Crippen molar-refractivity contribution in [2.45, 2.75) is 18.7 Å². The number of amides is 1. The lowest BCUT2D eigenvalue weighted by Crippen LogP contribution is -2.26. The van der Waals surface area contributed by atoms with Gasteiger partial charge in [-0.1, -0.05) is 64.3 Å². The van der Waals surface area contributed by atoms with E-state index in [-0.39, 0.29) is 16.7 Å². The van der Waals surface area contributed by atoms with E-state index in [2.05, 4.69) is 26.2 Å². The molecule has 19 heavy (non-hydrogen) atoms. The Hall–Kier alpha value is -0.360. The average Bonchev–Trinajstić information content (AvgIpc) is 2.70. The number of nitrogens with one attached hydrogen (secondary N) is 1. The Morgan fingerprint density at radius 3 is 2.74 bits per heavy atom. The average molecular weight is 382 g/mol. The second kappa shape index (κ2) is 5.95. The number of anilines is 1. The normalized spacial score (nSPS) is 12.9. The predicted molar refractivity (Wildman–Crippen MR) is 85.8 cm³/mol. The number of alkyl halides is 1. The van der Waals surface area contributed by atoms with Gasteiger partial charge in [-0.05, 0) is 18.1 Å². The lowest BCUT2D eigenvalue weighted by atomic mass is 10.1. The molecule has 0 radical (unpaired) electrons. The van der Waals surface area contributed by atoms with Crippen LogP contribution in [0.4, 0.5) is 5.13 Å². The van der Waals surface area contributed by atoms with Crippen LogP contribution in [0.1, 0.15) is 13.8 Å². The highest BCUT2D eigenvalue weighted by Crippen LogP contribution is 2.34. The molecule has 102 valence electrons. The van der Waals surface area contributed by atoms with Crippen molar-refractivity contribution in [3.63, 3.8) is 0 Å². The molecule has 1 aromatic heterocycles. The molecular weight excluding hydrogens is 371 g/mol. The van der Waals surface area contributed by atoms with E-state index in [9.17, 15) is 4.79 Å². The van der Waals surface area contributed by atoms with Gasteiger partial charge in [0.1, 0.15) is 5.52 Å². The first-order valence-electron chi connectivity index (χ1n) is 5.59. The summed E-state index contributed by atoms with van der Waals surface area (Å²) < 4.78 is 0.850. The van der Waals surface area contributed by atoms with Gasteiger partial charge in [0, 0.05) is 5.02 Å². The van der Waals surface area contributed by atoms with Gasteiger partial charge in [-0.2, -0.15) is 0 Å². The SMILES string of the molecule is CC(C)[C@@H](Br)C(=O)Nc1nc2c(Cl)cc(Cl)cc2s1. The highest BCUT2D eigenvalue weighted by molar-refractivity contribution is 9.10. The minimum atomic E-state index is -0.251. The molecule has 0 saturated carbocycles. The molecule has 0 spiro atoms. The Labute approximate surface area is 133 Å². The van der Waals surface area contributed by atoms with E-state index < -0.39 is 0 Å². The first-order valence-corrected chi connectivity index (χ1v) is 8.08. The van der Waals surface area contributed by atoms with Crippen LogP contribution < -0.4 is 5.32 Å². The zero-order valence-electron chi connectivity index (χ0n) is 10.2. The quantitative estimate of drug-likeness (QED) is 0.763. The number of halogens is 3. The van der Waals surface area contributed by atoms with Crippen molar-refractivity contribution in [2.24, 2.45) is 5.92 Å². The molecule has 1 aromatic carbocycles. The van der Waals surface area contributed by atoms with Crippen molar-refractivity contribution in [3.8, 4) is 0 Å². The molecule has 0 fully saturated rings. The molecule has 0 saturated heterocycles. The van der Waals surface area contributed by atoms with Crippen molar-refractivity contribution < 1.29 is 4.79 Å². The zero-order valence-corrected chi connectivity index (χ0v) is 14.1. The summed E-state index contributed by atoms with van der Waals surface area (Å²) in [5.41, 5.74) is 0.655. The fraction of sp³-hybridized carbons (Fsp3) is 0.333. The molecule has 1 heterocycles. The van der Waals surface area contributed by atoms with E-state index in [0.717, 1.165) is 4.70 Å². The van der Waals surface area contributed by atoms with Crippen molar-refractivity contribution in [3.05, 3.63) is 22.2 Å². The van der Waals surface area contributed by atoms with E-state index in [1.165, 1.54) is 11.3 Å². The Morgan fingerprint density at radius 2 is 2.11 bits per heavy atom. The number of benzene rings is 1. The maximum atomic E-state index is 11.9. The van der Waals surface area contributed by atoms with Crippen molar-refractivity contribution in [1.82, 2.24) is 4.98 Å². The fourth-order valence-corrected chi connectivity index (χ4v) is 3.19. The van der Waals surface area contributed by atoms with Gasteiger partial charge in [-0.25, -0.2) is 4.98 Å². The lowest BCUT2D eigenvalue weighted by Gasteiger charge is -2.11. The number of rotatable bonds is 3. The number of carbonyl (C=O) groups excluding carboxylic acids is 1. The van der Waals surface area contributed by atoms with Crippen LogP contribution in [-0.2, 0) is 4.79 Å². The fourth-order valence-electron chi connectivity index (χ4n) is 1.49. The number of hydrogen-bond donors (Lipinski definition) is 1. The summed E-state index contributed by atoms with van der Waals surface area (Å²) >= 11 is 16.7. The van der Waals surface area contributed by atoms with E-state index in [0.29, 0.717) is 20.7 Å². The highest BCUT2D eigenvalue weighted by atomic mass is 79.9. The minimum Gasteiger partial charge on any atom is -0.301 e. The summed E-state index contributed by atoms with van der Waals surface area (Å²) in [4.78, 5) is 16.0. The Balaban J connectivity index is 2.27. The smallest absolute Gasteiger partial charge is 0.240 e. The predicted octanol–water partition coefficient (Wildman–Crippen LogP) is 4.96. The Bertz CT molecular complexity index is 629. The first kappa shape index (κ1) is 15.0. The molecule has 7 heteroatoms. The Morgan fingerprint density at radius 1 is 1.42 bits per heavy atom. The molecule has 2 rings (SSSR count). The van der Waals surface area contributed by atoms with Gasteiger partial charge in [-0.3, -0.25) is 4.79 Å². The zero-order chi connectivity index (χ0) is 14.2. The molecular formula is C12H11BrCl2N2OS. The molecule has 0 aliphatic rings. The number of hydrogen-bond acceptors (Lipinski definition) is 3. The van der Waals surface area contributed by atoms with E-state index >= 15 is 0 Å². The maximum Gasteiger partial charge on any atom is 0.240 e. The number of nitrogens with zero attached hydrogens (tertiary/aromatic N) is 1. The van der Waals surface area contributed by atoms with Crippen LogP contribution in [-0.4, -0.2) is 15.7 Å². The first-order chi connectivity index (χ1) is 8.88. The van der Waals surface area contributed by atoms with Crippen molar-refractivity contribution in [1.29, 1.82) is 0 Å². The summed E-state index contributed by atoms with van der Waals surface area (Å²) in [7, 11) is 0. The van der Waals surface area contributed by atoms with E-state index in [1.807, 2.05) is 13.8 Å². The molecule has 1 N–H and O–H groups in total. The number of aromatic nitrogens is 1. The van der Waals surface area contributed by atoms with E-state index in [4.69, 9.17) is 23.2 Å². The maximum absolute atomic E-state index is 11.9. The molecule has 1 amide bonds. The van der Waals surface area contributed by atoms with Gasteiger partial charge in [0.15, 0.2) is 5.13 Å². The molecule has 0 aliphatic heterocycles. The summed E-state index contributed by atoms with van der Waals surface area (Å²) in [6.07, 6.45) is 0. The lowest BCUT2D eigenvalue weighted by molar-refractivity contribution is -0.116. The number of fused-ring (bicyclic) bond motifs is 1. The standard InChI is InChI=1S/C12H11BrCl2N2OS/c1-5(2)9(13)11(18)17-12-16-10-7(15)3-6(14)4-8(10)19-12/h3-5,9H,1-2H3,(H,16,17,18)/t9-/m1/s1. The summed E-state index contributed by atoms with van der Waals surface area (Å²) in [5.74, 6) is 0.0867. The highest BCUT2D eigenvalue weighted by Gasteiger charge is 2.20. The van der Waals surface area contributed by atoms with Crippen LogP contribution in [0.15, 0.2) is 12.1 Å².